The molecule has 0 amide bonds. The zero-order valence-electron chi connectivity index (χ0n) is 21.0. The third-order valence-corrected chi connectivity index (χ3v) is 6.78. The zero-order chi connectivity index (χ0) is 28.9. The Kier molecular flexibility index (Phi) is 9.65. The lowest BCUT2D eigenvalue weighted by atomic mass is 9.66. The monoisotopic (exact) mass is 566 g/mol. The second-order valence-electron chi connectivity index (χ2n) is 9.39. The fraction of sp³-hybridized carbons (Fsp3) is 0.400. The van der Waals surface area contributed by atoms with Crippen LogP contribution >= 0.6 is 0 Å². The van der Waals surface area contributed by atoms with Crippen molar-refractivity contribution >= 4 is 16.8 Å². The van der Waals surface area contributed by atoms with Crippen LogP contribution in [0.25, 0.3) is 0 Å². The molecule has 2 aromatic rings. The van der Waals surface area contributed by atoms with Gasteiger partial charge in [0.1, 0.15) is 11.5 Å². The summed E-state index contributed by atoms with van der Waals surface area (Å²) in [6.07, 6.45) is -7.98. The topological polar surface area (TPSA) is 81.9 Å². The van der Waals surface area contributed by atoms with Crippen molar-refractivity contribution in [1.29, 1.82) is 0 Å². The van der Waals surface area contributed by atoms with Gasteiger partial charge < -0.3 is 14.4 Å². The largest absolute Gasteiger partial charge is 0.573 e. The van der Waals surface area contributed by atoms with Gasteiger partial charge in [-0.15, -0.1) is 26.3 Å². The maximum Gasteiger partial charge on any atom is 0.573 e. The van der Waals surface area contributed by atoms with Gasteiger partial charge in [-0.25, -0.2) is 4.21 Å². The van der Waals surface area contributed by atoms with Crippen LogP contribution in [0.1, 0.15) is 37.8 Å². The molecule has 13 heteroatoms. The van der Waals surface area contributed by atoms with Gasteiger partial charge in [-0.2, -0.15) is 0 Å². The minimum Gasteiger partial charge on any atom is -0.406 e. The summed E-state index contributed by atoms with van der Waals surface area (Å²) in [4.78, 5) is 14.7. The number of hydrogen-bond donors (Lipinski definition) is 1. The number of nitrogens with two attached hydrogens (primary N) is 1. The highest BCUT2D eigenvalue weighted by Crippen LogP contribution is 2.46. The lowest BCUT2D eigenvalue weighted by Crippen LogP contribution is -2.43. The molecule has 0 aliphatic heterocycles. The van der Waals surface area contributed by atoms with Crippen LogP contribution in [0, 0.1) is 0 Å². The summed E-state index contributed by atoms with van der Waals surface area (Å²) in [5.41, 5.74) is -1.38. The van der Waals surface area contributed by atoms with Gasteiger partial charge in [-0.3, -0.25) is 9.93 Å². The van der Waals surface area contributed by atoms with Crippen LogP contribution in [-0.4, -0.2) is 46.5 Å². The minimum atomic E-state index is -5.02. The van der Waals surface area contributed by atoms with Crippen LogP contribution in [0.3, 0.4) is 0 Å². The predicted octanol–water partition coefficient (Wildman–Crippen LogP) is 5.60. The number of halogens is 6. The summed E-state index contributed by atoms with van der Waals surface area (Å²) in [6.45, 7) is 3.04. The molecule has 0 saturated carbocycles. The summed E-state index contributed by atoms with van der Waals surface area (Å²) < 4.78 is 97.3. The van der Waals surface area contributed by atoms with Crippen LogP contribution < -0.4 is 14.6 Å². The molecular weight excluding hydrogens is 538 g/mol. The van der Waals surface area contributed by atoms with Gasteiger partial charge in [0, 0.05) is 32.1 Å². The summed E-state index contributed by atoms with van der Waals surface area (Å²) in [6, 6.07) is 9.53. The van der Waals surface area contributed by atoms with Crippen molar-refractivity contribution in [2.75, 3.05) is 14.1 Å². The molecule has 6 nitrogen and oxygen atoms in total. The van der Waals surface area contributed by atoms with Crippen LogP contribution in [-0.2, 0) is 21.2 Å². The molecule has 0 aromatic heterocycles. The number of hydrogen-bond acceptors (Lipinski definition) is 5. The maximum atomic E-state index is 13.1. The molecule has 38 heavy (non-hydrogen) atoms. The second-order valence-corrected chi connectivity index (χ2v) is 11.1. The van der Waals surface area contributed by atoms with E-state index < -0.39 is 57.6 Å². The van der Waals surface area contributed by atoms with Crippen molar-refractivity contribution in [2.45, 2.75) is 49.6 Å². The number of rotatable bonds is 11. The average Bonchev–Trinajstić information content (AvgIpc) is 2.75. The van der Waals surface area contributed by atoms with E-state index >= 15 is 0 Å². The fourth-order valence-corrected chi connectivity index (χ4v) is 4.39. The maximum absolute atomic E-state index is 13.1. The molecule has 0 fully saturated rings. The van der Waals surface area contributed by atoms with E-state index in [4.69, 9.17) is 5.14 Å². The Morgan fingerprint density at radius 3 is 1.74 bits per heavy atom. The molecule has 2 aromatic carbocycles. The van der Waals surface area contributed by atoms with E-state index in [-0.39, 0.29) is 17.5 Å². The molecule has 0 radical (unpaired) electrons. The van der Waals surface area contributed by atoms with Gasteiger partial charge in [-0.05, 0) is 61.7 Å². The molecule has 0 spiro atoms. The quantitative estimate of drug-likeness (QED) is 0.283. The van der Waals surface area contributed by atoms with Crippen molar-refractivity contribution < 1.29 is 44.8 Å². The molecule has 0 aliphatic carbocycles. The van der Waals surface area contributed by atoms with Gasteiger partial charge in [0.05, 0.1) is 15.7 Å². The molecular formula is C25H28F6N2O4S. The van der Waals surface area contributed by atoms with Crippen LogP contribution in [0.5, 0.6) is 11.5 Å². The highest BCUT2D eigenvalue weighted by Gasteiger charge is 2.44. The van der Waals surface area contributed by atoms with Crippen LogP contribution in [0.15, 0.2) is 60.8 Å². The average molecular weight is 567 g/mol. The number of ketones is 1. The molecule has 0 bridgehead atoms. The fourth-order valence-electron chi connectivity index (χ4n) is 4.01. The third-order valence-electron chi connectivity index (χ3n) is 5.55. The van der Waals surface area contributed by atoms with Gasteiger partial charge in [-0.1, -0.05) is 24.3 Å². The van der Waals surface area contributed by atoms with Crippen molar-refractivity contribution in [2.24, 2.45) is 5.14 Å². The lowest BCUT2D eigenvalue weighted by Gasteiger charge is -2.40. The first-order chi connectivity index (χ1) is 17.3. The number of nitrogens with zero attached hydrogens (tertiary/aromatic N) is 1. The molecule has 2 rings (SSSR count). The zero-order valence-corrected chi connectivity index (χ0v) is 21.8. The number of carbonyl (C=O) groups is 1. The van der Waals surface area contributed by atoms with Gasteiger partial charge in [0.2, 0.25) is 0 Å². The van der Waals surface area contributed by atoms with E-state index in [1.807, 2.05) is 0 Å². The third kappa shape index (κ3) is 9.05. The van der Waals surface area contributed by atoms with Crippen molar-refractivity contribution in [3.8, 4) is 11.5 Å². The smallest absolute Gasteiger partial charge is 0.406 e. The SMILES string of the molecule is CN(C)C=CC(=O)CC(CC(C)(C)S(N)=O)(c1cccc(OC(F)(F)F)c1)c1cccc(OC(F)(F)F)c1. The molecule has 210 valence electrons. The van der Waals surface area contributed by atoms with E-state index in [0.717, 1.165) is 24.3 Å². The Balaban J connectivity index is 2.87. The second kappa shape index (κ2) is 11.8. The predicted molar refractivity (Wildman–Crippen MR) is 131 cm³/mol. The molecule has 0 saturated heterocycles. The van der Waals surface area contributed by atoms with E-state index in [1.54, 1.807) is 19.0 Å². The Morgan fingerprint density at radius 1 is 0.921 bits per heavy atom. The number of carbonyl (C=O) groups excluding carboxylic acids is 1. The summed E-state index contributed by atoms with van der Waals surface area (Å²) in [5, 5.41) is 5.71. The summed E-state index contributed by atoms with van der Waals surface area (Å²) in [7, 11) is 1.32. The Morgan fingerprint density at radius 2 is 1.37 bits per heavy atom. The van der Waals surface area contributed by atoms with E-state index in [9.17, 15) is 35.3 Å². The van der Waals surface area contributed by atoms with E-state index in [2.05, 4.69) is 9.47 Å². The molecule has 0 aliphatic rings. The summed E-state index contributed by atoms with van der Waals surface area (Å²) >= 11 is 0. The number of allylic oxidation sites excluding steroid dienone is 1. The van der Waals surface area contributed by atoms with Gasteiger partial charge in [0.15, 0.2) is 5.78 Å². The highest BCUT2D eigenvalue weighted by molar-refractivity contribution is 7.84. The lowest BCUT2D eigenvalue weighted by molar-refractivity contribution is -0.275. The molecule has 2 N–H and O–H groups in total. The number of ether oxygens (including phenoxy) is 2. The molecule has 0 heterocycles. The first kappa shape index (κ1) is 31.2. The molecule has 1 unspecified atom stereocenters. The van der Waals surface area contributed by atoms with Crippen molar-refractivity contribution in [3.63, 3.8) is 0 Å². The van der Waals surface area contributed by atoms with E-state index in [1.165, 1.54) is 50.4 Å². The molecule has 1 atom stereocenters. The Bertz CT molecular complexity index is 1120. The number of benzene rings is 2. The Labute approximate surface area is 219 Å². The number of alkyl halides is 6. The van der Waals surface area contributed by atoms with E-state index in [0.29, 0.717) is 0 Å². The van der Waals surface area contributed by atoms with Gasteiger partial charge >= 0.3 is 12.7 Å². The van der Waals surface area contributed by atoms with Crippen LogP contribution in [0.2, 0.25) is 0 Å². The minimum absolute atomic E-state index is 0.105. The highest BCUT2D eigenvalue weighted by atomic mass is 32.2. The standard InChI is InChI=1S/C25H28F6N2O4S/c1-22(2,38(32)35)16-23(15-19(34)11-12-33(3)4,17-7-5-9-20(13-17)36-24(26,27)28)18-8-6-10-21(14-18)37-25(29,30)31/h5-14H,15-16,32H2,1-4H3. The van der Waals surface area contributed by atoms with Crippen molar-refractivity contribution in [1.82, 2.24) is 4.90 Å². The van der Waals surface area contributed by atoms with Crippen LogP contribution in [0.4, 0.5) is 26.3 Å². The Hall–Kier alpha value is -3.06. The first-order valence-electron chi connectivity index (χ1n) is 11.1. The normalized spacial score (nSPS) is 13.9. The summed E-state index contributed by atoms with van der Waals surface area (Å²) in [5.74, 6) is -1.71. The van der Waals surface area contributed by atoms with Gasteiger partial charge in [0.25, 0.3) is 0 Å². The van der Waals surface area contributed by atoms with Crippen molar-refractivity contribution in [3.05, 3.63) is 71.9 Å². The first-order valence-corrected chi connectivity index (χ1v) is 12.3.